The lowest BCUT2D eigenvalue weighted by molar-refractivity contribution is 0.543. The van der Waals surface area contributed by atoms with E-state index in [9.17, 15) is 16.8 Å². The van der Waals surface area contributed by atoms with Crippen LogP contribution in [0.4, 0.5) is 5.82 Å². The van der Waals surface area contributed by atoms with Gasteiger partial charge in [0.25, 0.3) is 0 Å². The molecule has 21 heavy (non-hydrogen) atoms. The van der Waals surface area contributed by atoms with Crippen molar-refractivity contribution >= 4 is 37.3 Å². The Kier molecular flexibility index (Phi) is 4.76. The van der Waals surface area contributed by atoms with Crippen molar-refractivity contribution in [3.05, 3.63) is 17.3 Å². The molecule has 2 N–H and O–H groups in total. The van der Waals surface area contributed by atoms with Crippen LogP contribution in [0.3, 0.4) is 0 Å². The average molecular weight is 354 g/mol. The van der Waals surface area contributed by atoms with E-state index in [-0.39, 0.29) is 33.9 Å². The van der Waals surface area contributed by atoms with Gasteiger partial charge in [-0.2, -0.15) is 0 Å². The maximum atomic E-state index is 12.1. The summed E-state index contributed by atoms with van der Waals surface area (Å²) in [6.07, 6.45) is 1.67. The Bertz CT molecular complexity index is 734. The predicted octanol–water partition coefficient (Wildman–Crippen LogP) is 0.490. The number of anilines is 1. The van der Waals surface area contributed by atoms with Gasteiger partial charge in [-0.3, -0.25) is 0 Å². The highest BCUT2D eigenvalue weighted by atomic mass is 35.5. The summed E-state index contributed by atoms with van der Waals surface area (Å²) in [5, 5.41) is 2.93. The summed E-state index contributed by atoms with van der Waals surface area (Å²) in [4.78, 5) is 3.86. The third kappa shape index (κ3) is 4.06. The minimum absolute atomic E-state index is 0.0211. The molecule has 1 aromatic rings. The van der Waals surface area contributed by atoms with E-state index in [4.69, 9.17) is 11.6 Å². The maximum Gasteiger partial charge on any atom is 0.242 e. The summed E-state index contributed by atoms with van der Waals surface area (Å²) >= 11 is 5.90. The number of nitrogens with one attached hydrogen (secondary N) is 2. The van der Waals surface area contributed by atoms with E-state index in [2.05, 4.69) is 15.0 Å². The molecule has 118 valence electrons. The van der Waals surface area contributed by atoms with Crippen LogP contribution >= 0.6 is 11.6 Å². The lowest BCUT2D eigenvalue weighted by atomic mass is 10.1. The molecule has 0 bridgehead atoms. The van der Waals surface area contributed by atoms with Crippen molar-refractivity contribution in [3.63, 3.8) is 0 Å². The molecule has 1 atom stereocenters. The SMILES string of the molecule is CNc1ncc(S(=O)(=O)NCC2CCS(=O)(=O)C2)cc1Cl. The van der Waals surface area contributed by atoms with Crippen LogP contribution in [0.25, 0.3) is 0 Å². The highest BCUT2D eigenvalue weighted by Crippen LogP contribution is 2.22. The zero-order chi connectivity index (χ0) is 15.7. The number of sulfonamides is 1. The number of rotatable bonds is 5. The summed E-state index contributed by atoms with van der Waals surface area (Å²) in [5.41, 5.74) is 0. The van der Waals surface area contributed by atoms with Gasteiger partial charge in [-0.05, 0) is 18.4 Å². The van der Waals surface area contributed by atoms with E-state index in [0.717, 1.165) is 0 Å². The Morgan fingerprint density at radius 1 is 1.48 bits per heavy atom. The Morgan fingerprint density at radius 3 is 2.71 bits per heavy atom. The van der Waals surface area contributed by atoms with Crippen molar-refractivity contribution in [1.82, 2.24) is 9.71 Å². The van der Waals surface area contributed by atoms with Crippen LogP contribution in [0.15, 0.2) is 17.2 Å². The van der Waals surface area contributed by atoms with E-state index >= 15 is 0 Å². The number of sulfone groups is 1. The van der Waals surface area contributed by atoms with Gasteiger partial charge in [-0.1, -0.05) is 11.6 Å². The molecule has 0 radical (unpaired) electrons. The van der Waals surface area contributed by atoms with Gasteiger partial charge < -0.3 is 5.32 Å². The summed E-state index contributed by atoms with van der Waals surface area (Å²) in [7, 11) is -5.15. The minimum Gasteiger partial charge on any atom is -0.372 e. The Morgan fingerprint density at radius 2 is 2.19 bits per heavy atom. The second-order valence-electron chi connectivity index (χ2n) is 4.87. The Hall–Kier alpha value is -0.900. The van der Waals surface area contributed by atoms with Gasteiger partial charge in [-0.25, -0.2) is 26.5 Å². The first-order chi connectivity index (χ1) is 9.73. The van der Waals surface area contributed by atoms with E-state index in [1.54, 1.807) is 7.05 Å². The van der Waals surface area contributed by atoms with E-state index in [1.807, 2.05) is 0 Å². The normalized spacial score (nSPS) is 21.3. The smallest absolute Gasteiger partial charge is 0.242 e. The van der Waals surface area contributed by atoms with Crippen molar-refractivity contribution in [1.29, 1.82) is 0 Å². The van der Waals surface area contributed by atoms with Crippen LogP contribution in [0.2, 0.25) is 5.02 Å². The quantitative estimate of drug-likeness (QED) is 0.798. The topological polar surface area (TPSA) is 105 Å². The summed E-state index contributed by atoms with van der Waals surface area (Å²) in [6.45, 7) is 0.0902. The van der Waals surface area contributed by atoms with Gasteiger partial charge in [0.2, 0.25) is 10.0 Å². The minimum atomic E-state index is -3.75. The molecule has 0 aliphatic carbocycles. The second-order valence-corrected chi connectivity index (χ2v) is 9.28. The van der Waals surface area contributed by atoms with Gasteiger partial charge in [0.05, 0.1) is 16.5 Å². The van der Waals surface area contributed by atoms with Crippen LogP contribution < -0.4 is 10.0 Å². The predicted molar refractivity (Wildman–Crippen MR) is 80.7 cm³/mol. The monoisotopic (exact) mass is 353 g/mol. The molecule has 0 amide bonds. The summed E-state index contributed by atoms with van der Waals surface area (Å²) in [6, 6.07) is 1.30. The second kappa shape index (κ2) is 6.07. The average Bonchev–Trinajstić information content (AvgIpc) is 2.76. The molecular formula is C11H16ClN3O4S2. The number of hydrogen-bond donors (Lipinski definition) is 2. The molecule has 1 aliphatic heterocycles. The lowest BCUT2D eigenvalue weighted by Crippen LogP contribution is -2.30. The number of aromatic nitrogens is 1. The van der Waals surface area contributed by atoms with Gasteiger partial charge in [0.15, 0.2) is 9.84 Å². The molecule has 1 saturated heterocycles. The molecular weight excluding hydrogens is 338 g/mol. The zero-order valence-corrected chi connectivity index (χ0v) is 13.7. The number of hydrogen-bond acceptors (Lipinski definition) is 6. The first-order valence-electron chi connectivity index (χ1n) is 6.27. The lowest BCUT2D eigenvalue weighted by Gasteiger charge is -2.11. The van der Waals surface area contributed by atoms with Crippen LogP contribution in [-0.4, -0.2) is 46.9 Å². The van der Waals surface area contributed by atoms with Gasteiger partial charge >= 0.3 is 0 Å². The van der Waals surface area contributed by atoms with Crippen LogP contribution in [0.1, 0.15) is 6.42 Å². The van der Waals surface area contributed by atoms with Crippen molar-refractivity contribution in [2.45, 2.75) is 11.3 Å². The molecule has 0 spiro atoms. The molecule has 0 saturated carbocycles. The maximum absolute atomic E-state index is 12.1. The highest BCUT2D eigenvalue weighted by Gasteiger charge is 2.29. The van der Waals surface area contributed by atoms with E-state index < -0.39 is 19.9 Å². The number of pyridine rings is 1. The molecule has 0 aromatic carbocycles. The van der Waals surface area contributed by atoms with E-state index in [0.29, 0.717) is 12.2 Å². The first-order valence-corrected chi connectivity index (χ1v) is 9.95. The van der Waals surface area contributed by atoms with E-state index in [1.165, 1.54) is 12.3 Å². The summed E-state index contributed by atoms with van der Waals surface area (Å²) < 4.78 is 49.3. The van der Waals surface area contributed by atoms with Gasteiger partial charge in [0, 0.05) is 19.8 Å². The molecule has 1 fully saturated rings. The largest absolute Gasteiger partial charge is 0.372 e. The van der Waals surface area contributed by atoms with Crippen LogP contribution in [0.5, 0.6) is 0 Å². The standard InChI is InChI=1S/C11H16ClN3O4S2/c1-13-11-10(12)4-9(6-14-11)21(18,19)15-5-8-2-3-20(16,17)7-8/h4,6,8,15H,2-3,5,7H2,1H3,(H,13,14). The van der Waals surface area contributed by atoms with Gasteiger partial charge in [-0.15, -0.1) is 0 Å². The van der Waals surface area contributed by atoms with Gasteiger partial charge in [0.1, 0.15) is 10.7 Å². The molecule has 1 aliphatic rings. The van der Waals surface area contributed by atoms with Crippen LogP contribution in [-0.2, 0) is 19.9 Å². The molecule has 2 heterocycles. The molecule has 1 unspecified atom stereocenters. The molecule has 2 rings (SSSR count). The highest BCUT2D eigenvalue weighted by molar-refractivity contribution is 7.91. The summed E-state index contributed by atoms with van der Waals surface area (Å²) in [5.74, 6) is 0.332. The van der Waals surface area contributed by atoms with Crippen molar-refractivity contribution in [2.75, 3.05) is 30.4 Å². The van der Waals surface area contributed by atoms with Crippen molar-refractivity contribution in [3.8, 4) is 0 Å². The molecule has 7 nitrogen and oxygen atoms in total. The fourth-order valence-electron chi connectivity index (χ4n) is 2.10. The van der Waals surface area contributed by atoms with Crippen molar-refractivity contribution in [2.24, 2.45) is 5.92 Å². The fraction of sp³-hybridized carbons (Fsp3) is 0.545. The Balaban J connectivity index is 2.07. The number of nitrogens with zero attached hydrogens (tertiary/aromatic N) is 1. The molecule has 10 heteroatoms. The zero-order valence-electron chi connectivity index (χ0n) is 11.3. The Labute approximate surface area is 129 Å². The molecule has 1 aromatic heterocycles. The van der Waals surface area contributed by atoms with Crippen molar-refractivity contribution < 1.29 is 16.8 Å². The van der Waals surface area contributed by atoms with Crippen LogP contribution in [0, 0.1) is 5.92 Å². The number of halogens is 1. The third-order valence-corrected chi connectivity index (χ3v) is 6.77. The third-order valence-electron chi connectivity index (χ3n) is 3.25. The first kappa shape index (κ1) is 16.5. The fourth-order valence-corrected chi connectivity index (χ4v) is 5.37.